The number of hydrogen-bond acceptors (Lipinski definition) is 1. The molecule has 100 valence electrons. The topological polar surface area (TPSA) is 4.93 Å². The molecule has 0 bridgehead atoms. The van der Waals surface area contributed by atoms with Gasteiger partial charge in [-0.15, -0.1) is 0 Å². The molecule has 0 radical (unpaired) electrons. The molecule has 0 spiro atoms. The number of rotatable bonds is 2. The van der Waals surface area contributed by atoms with Crippen molar-refractivity contribution in [3.8, 4) is 34.7 Å². The molecule has 2 heteroatoms. The highest BCUT2D eigenvalue weighted by molar-refractivity contribution is 7.71. The van der Waals surface area contributed by atoms with Gasteiger partial charge < -0.3 is 0 Å². The van der Waals surface area contributed by atoms with E-state index < -0.39 is 0 Å². The van der Waals surface area contributed by atoms with E-state index in [1.165, 1.54) is 0 Å². The van der Waals surface area contributed by atoms with E-state index in [4.69, 9.17) is 18.6 Å². The fourth-order valence-electron chi connectivity index (χ4n) is 2.30. The average molecular weight is 287 g/mol. The molecule has 21 heavy (non-hydrogen) atoms. The zero-order valence-electron chi connectivity index (χ0n) is 11.4. The predicted molar refractivity (Wildman–Crippen MR) is 90.4 cm³/mol. The first-order chi connectivity index (χ1) is 10.3. The summed E-state index contributed by atoms with van der Waals surface area (Å²) in [5.74, 6) is 0. The first-order valence-corrected chi connectivity index (χ1v) is 7.04. The maximum absolute atomic E-state index is 5.68. The minimum atomic E-state index is 0.818. The van der Waals surface area contributed by atoms with Crippen molar-refractivity contribution >= 4 is 12.2 Å². The van der Waals surface area contributed by atoms with Crippen molar-refractivity contribution in [2.75, 3.05) is 0 Å². The van der Waals surface area contributed by atoms with Gasteiger partial charge in [0.2, 0.25) is 0 Å². The molecular formula is C19H13NS. The molecule has 0 aliphatic heterocycles. The van der Waals surface area contributed by atoms with Crippen molar-refractivity contribution in [2.24, 2.45) is 0 Å². The zero-order chi connectivity index (χ0) is 14.7. The summed E-state index contributed by atoms with van der Waals surface area (Å²) >= 11 is 5.68. The van der Waals surface area contributed by atoms with Gasteiger partial charge in [-0.3, -0.25) is 4.57 Å². The average Bonchev–Trinajstić information content (AvgIpc) is 2.57. The van der Waals surface area contributed by atoms with Gasteiger partial charge in [0, 0.05) is 29.6 Å². The van der Waals surface area contributed by atoms with Gasteiger partial charge in [-0.1, -0.05) is 79.3 Å². The maximum Gasteiger partial charge on any atom is 0.0564 e. The number of terminal acetylenes is 1. The van der Waals surface area contributed by atoms with E-state index >= 15 is 0 Å². The molecule has 0 saturated carbocycles. The van der Waals surface area contributed by atoms with Gasteiger partial charge in [0.05, 0.1) is 4.51 Å². The number of hydrogen-bond donors (Lipinski definition) is 0. The molecule has 0 saturated heterocycles. The molecule has 0 amide bonds. The van der Waals surface area contributed by atoms with Crippen molar-refractivity contribution in [2.45, 2.75) is 0 Å². The molecule has 2 aromatic carbocycles. The highest BCUT2D eigenvalue weighted by Crippen LogP contribution is 2.28. The number of aromatic nitrogens is 1. The Labute approximate surface area is 129 Å². The molecule has 0 fully saturated rings. The summed E-state index contributed by atoms with van der Waals surface area (Å²) in [5, 5.41) is 0. The third-order valence-electron chi connectivity index (χ3n) is 3.34. The van der Waals surface area contributed by atoms with E-state index in [1.54, 1.807) is 4.57 Å². The predicted octanol–water partition coefficient (Wildman–Crippen LogP) is 4.99. The lowest BCUT2D eigenvalue weighted by atomic mass is 10.0. The van der Waals surface area contributed by atoms with E-state index in [9.17, 15) is 0 Å². The van der Waals surface area contributed by atoms with Crippen LogP contribution in [0.25, 0.3) is 22.3 Å². The van der Waals surface area contributed by atoms with E-state index in [1.807, 2.05) is 73.1 Å². The first kappa shape index (κ1) is 13.4. The molecular weight excluding hydrogens is 274 g/mol. The van der Waals surface area contributed by atoms with E-state index in [2.05, 4.69) is 6.04 Å². The summed E-state index contributed by atoms with van der Waals surface area (Å²) in [7, 11) is 0. The lowest BCUT2D eigenvalue weighted by Gasteiger charge is -2.10. The normalized spacial score (nSPS) is 10.0. The third-order valence-corrected chi connectivity index (χ3v) is 3.78. The Hall–Kier alpha value is -2.63. The second kappa shape index (κ2) is 5.78. The highest BCUT2D eigenvalue weighted by atomic mass is 32.1. The van der Waals surface area contributed by atoms with Crippen LogP contribution in [-0.2, 0) is 0 Å². The van der Waals surface area contributed by atoms with Crippen LogP contribution in [0.15, 0.2) is 73.1 Å². The molecule has 0 aliphatic rings. The van der Waals surface area contributed by atoms with E-state index in [-0.39, 0.29) is 0 Å². The quantitative estimate of drug-likeness (QED) is 0.475. The van der Waals surface area contributed by atoms with Gasteiger partial charge in [0.1, 0.15) is 0 Å². The molecule has 1 aromatic heterocycles. The van der Waals surface area contributed by atoms with Crippen LogP contribution in [0, 0.1) is 17.0 Å². The molecule has 0 N–H and O–H groups in total. The molecule has 3 aromatic rings. The fraction of sp³-hybridized carbons (Fsp3) is 0. The SMILES string of the molecule is C#Cn1cc(-c2ccccc2)c(=S)c(-c2ccccc2)c1. The van der Waals surface area contributed by atoms with Crippen molar-refractivity contribution in [1.29, 1.82) is 0 Å². The van der Waals surface area contributed by atoms with Crippen molar-refractivity contribution < 1.29 is 0 Å². The van der Waals surface area contributed by atoms with Crippen LogP contribution >= 0.6 is 12.2 Å². The second-order valence-electron chi connectivity index (χ2n) is 4.68. The Morgan fingerprint density at radius 3 is 1.57 bits per heavy atom. The summed E-state index contributed by atoms with van der Waals surface area (Å²) in [6, 6.07) is 22.8. The van der Waals surface area contributed by atoms with Gasteiger partial charge in [0.25, 0.3) is 0 Å². The molecule has 0 atom stereocenters. The smallest absolute Gasteiger partial charge is 0.0564 e. The zero-order valence-corrected chi connectivity index (χ0v) is 12.2. The molecule has 1 heterocycles. The van der Waals surface area contributed by atoms with Crippen LogP contribution in [0.1, 0.15) is 0 Å². The third kappa shape index (κ3) is 2.65. The van der Waals surface area contributed by atoms with Crippen molar-refractivity contribution in [1.82, 2.24) is 4.57 Å². The Kier molecular flexibility index (Phi) is 3.68. The lowest BCUT2D eigenvalue weighted by Crippen LogP contribution is -1.95. The Morgan fingerprint density at radius 2 is 1.19 bits per heavy atom. The van der Waals surface area contributed by atoms with Crippen molar-refractivity contribution in [3.05, 3.63) is 77.6 Å². The Bertz CT molecular complexity index is 792. The van der Waals surface area contributed by atoms with Crippen LogP contribution < -0.4 is 0 Å². The Balaban J connectivity index is 2.29. The van der Waals surface area contributed by atoms with Gasteiger partial charge in [0.15, 0.2) is 0 Å². The van der Waals surface area contributed by atoms with Gasteiger partial charge in [-0.05, 0) is 11.1 Å². The fourth-order valence-corrected chi connectivity index (χ4v) is 2.64. The van der Waals surface area contributed by atoms with E-state index in [0.29, 0.717) is 0 Å². The molecule has 1 nitrogen and oxygen atoms in total. The monoisotopic (exact) mass is 287 g/mol. The highest BCUT2D eigenvalue weighted by Gasteiger charge is 2.07. The van der Waals surface area contributed by atoms with Crippen LogP contribution in [0.3, 0.4) is 0 Å². The largest absolute Gasteiger partial charge is 0.283 e. The molecule has 3 rings (SSSR count). The van der Waals surface area contributed by atoms with Crippen LogP contribution in [0.4, 0.5) is 0 Å². The van der Waals surface area contributed by atoms with Crippen LogP contribution in [0.5, 0.6) is 0 Å². The first-order valence-electron chi connectivity index (χ1n) is 6.63. The van der Waals surface area contributed by atoms with E-state index in [0.717, 1.165) is 26.8 Å². The minimum Gasteiger partial charge on any atom is -0.283 e. The van der Waals surface area contributed by atoms with Gasteiger partial charge in [-0.25, -0.2) is 0 Å². The second-order valence-corrected chi connectivity index (χ2v) is 5.09. The standard InChI is InChI=1S/C19H13NS/c1-2-20-13-17(15-9-5-3-6-10-15)19(21)18(14-20)16-11-7-4-8-12-16/h1,3-14H. The van der Waals surface area contributed by atoms with Crippen LogP contribution in [-0.4, -0.2) is 4.57 Å². The summed E-state index contributed by atoms with van der Waals surface area (Å²) in [4.78, 5) is 0. The molecule has 0 aliphatic carbocycles. The number of benzene rings is 2. The van der Waals surface area contributed by atoms with Gasteiger partial charge >= 0.3 is 0 Å². The maximum atomic E-state index is 5.68. The number of nitrogens with zero attached hydrogens (tertiary/aromatic N) is 1. The number of pyridine rings is 1. The minimum absolute atomic E-state index is 0.818. The summed E-state index contributed by atoms with van der Waals surface area (Å²) in [6.45, 7) is 0. The lowest BCUT2D eigenvalue weighted by molar-refractivity contribution is 1.11. The summed E-state index contributed by atoms with van der Waals surface area (Å²) in [6.07, 6.45) is 9.39. The van der Waals surface area contributed by atoms with Crippen LogP contribution in [0.2, 0.25) is 0 Å². The molecule has 0 unspecified atom stereocenters. The Morgan fingerprint density at radius 1 is 0.762 bits per heavy atom. The summed E-state index contributed by atoms with van der Waals surface area (Å²) < 4.78 is 2.54. The van der Waals surface area contributed by atoms with Gasteiger partial charge in [-0.2, -0.15) is 0 Å². The summed E-state index contributed by atoms with van der Waals surface area (Å²) in [5.41, 5.74) is 4.10. The van der Waals surface area contributed by atoms with Crippen molar-refractivity contribution in [3.63, 3.8) is 0 Å².